The molecular weight excluding hydrogens is 180 g/mol. The summed E-state index contributed by atoms with van der Waals surface area (Å²) >= 11 is 0. The lowest BCUT2D eigenvalue weighted by Gasteiger charge is -2.02. The van der Waals surface area contributed by atoms with E-state index in [1.807, 2.05) is 0 Å². The van der Waals surface area contributed by atoms with E-state index in [2.05, 4.69) is 32.6 Å². The minimum absolute atomic E-state index is 0.851. The highest BCUT2D eigenvalue weighted by molar-refractivity contribution is 4.98. The summed E-state index contributed by atoms with van der Waals surface area (Å²) in [4.78, 5) is 0. The fraction of sp³-hybridized carbons (Fsp3) is 0.867. The van der Waals surface area contributed by atoms with E-state index in [1.165, 1.54) is 44.9 Å². The van der Waals surface area contributed by atoms with Crippen LogP contribution in [0.3, 0.4) is 0 Å². The molecule has 0 nitrogen and oxygen atoms in total. The molecule has 0 spiro atoms. The van der Waals surface area contributed by atoms with Gasteiger partial charge in [0.15, 0.2) is 0 Å². The minimum Gasteiger partial charge on any atom is -0.103 e. The highest BCUT2D eigenvalue weighted by Gasteiger charge is 1.94. The van der Waals surface area contributed by atoms with Crippen molar-refractivity contribution in [1.29, 1.82) is 0 Å². The molecule has 0 aliphatic heterocycles. The summed E-state index contributed by atoms with van der Waals surface area (Å²) in [6.45, 7) is 6.83. The quantitative estimate of drug-likeness (QED) is 0.381. The molecule has 0 aromatic carbocycles. The number of unbranched alkanes of at least 4 members (excludes halogenated alkanes) is 5. The predicted octanol–water partition coefficient (Wildman–Crippen LogP) is 5.18. The van der Waals surface area contributed by atoms with E-state index < -0.39 is 0 Å². The van der Waals surface area contributed by atoms with E-state index in [1.54, 1.807) is 0 Å². The largest absolute Gasteiger partial charge is 0.103 e. The number of hydrogen-bond acceptors (Lipinski definition) is 0. The molecular formula is C15H28. The van der Waals surface area contributed by atoms with Crippen LogP contribution in [0, 0.1) is 17.8 Å². The van der Waals surface area contributed by atoms with Gasteiger partial charge in [0.25, 0.3) is 0 Å². The van der Waals surface area contributed by atoms with Gasteiger partial charge in [-0.2, -0.15) is 0 Å². The first kappa shape index (κ1) is 14.6. The molecule has 1 atom stereocenters. The first-order valence-corrected chi connectivity index (χ1v) is 6.77. The Morgan fingerprint density at radius 2 is 1.53 bits per heavy atom. The average molecular weight is 208 g/mol. The van der Waals surface area contributed by atoms with Crippen molar-refractivity contribution in [2.45, 2.75) is 78.6 Å². The Morgan fingerprint density at radius 1 is 0.867 bits per heavy atom. The Kier molecular flexibility index (Phi) is 11.3. The summed E-state index contributed by atoms with van der Waals surface area (Å²) in [5.74, 6) is 7.43. The monoisotopic (exact) mass is 208 g/mol. The zero-order valence-corrected chi connectivity index (χ0v) is 10.9. The molecule has 0 fully saturated rings. The van der Waals surface area contributed by atoms with Crippen molar-refractivity contribution < 1.29 is 0 Å². The van der Waals surface area contributed by atoms with Crippen molar-refractivity contribution in [2.75, 3.05) is 0 Å². The van der Waals surface area contributed by atoms with Crippen molar-refractivity contribution in [3.05, 3.63) is 0 Å². The molecule has 0 saturated carbocycles. The van der Waals surface area contributed by atoms with Gasteiger partial charge in [-0.25, -0.2) is 0 Å². The maximum absolute atomic E-state index is 3.29. The first-order valence-electron chi connectivity index (χ1n) is 6.77. The highest BCUT2D eigenvalue weighted by atomic mass is 14.0. The number of hydrogen-bond donors (Lipinski definition) is 0. The van der Waals surface area contributed by atoms with Crippen LogP contribution in [-0.2, 0) is 0 Å². The van der Waals surface area contributed by atoms with Gasteiger partial charge in [0, 0.05) is 12.8 Å². The molecule has 0 heteroatoms. The first-order chi connectivity index (χ1) is 7.31. The summed E-state index contributed by atoms with van der Waals surface area (Å²) in [6.07, 6.45) is 11.6. The highest BCUT2D eigenvalue weighted by Crippen LogP contribution is 2.08. The van der Waals surface area contributed by atoms with Crippen molar-refractivity contribution in [2.24, 2.45) is 5.92 Å². The lowest BCUT2D eigenvalue weighted by molar-refractivity contribution is 0.525. The standard InChI is InChI=1S/C15H28/c1-4-6-7-8-9-10-11-12-13-14-15(3)5-2/h15H,4-10,13-14H2,1-3H3. The third-order valence-corrected chi connectivity index (χ3v) is 2.99. The lowest BCUT2D eigenvalue weighted by atomic mass is 10.0. The van der Waals surface area contributed by atoms with Crippen LogP contribution in [0.25, 0.3) is 0 Å². The van der Waals surface area contributed by atoms with Gasteiger partial charge in [0.2, 0.25) is 0 Å². The molecule has 1 unspecified atom stereocenters. The molecule has 0 bridgehead atoms. The lowest BCUT2D eigenvalue weighted by Crippen LogP contribution is -1.89. The molecule has 0 aromatic heterocycles. The predicted molar refractivity (Wildman–Crippen MR) is 69.8 cm³/mol. The van der Waals surface area contributed by atoms with E-state index in [9.17, 15) is 0 Å². The van der Waals surface area contributed by atoms with Crippen molar-refractivity contribution >= 4 is 0 Å². The summed E-state index contributed by atoms with van der Waals surface area (Å²) in [7, 11) is 0. The van der Waals surface area contributed by atoms with E-state index >= 15 is 0 Å². The molecule has 0 N–H and O–H groups in total. The molecule has 0 radical (unpaired) electrons. The zero-order chi connectivity index (χ0) is 11.4. The Balaban J connectivity index is 3.17. The van der Waals surface area contributed by atoms with Gasteiger partial charge in [-0.3, -0.25) is 0 Å². The van der Waals surface area contributed by atoms with Crippen LogP contribution in [0.15, 0.2) is 0 Å². The molecule has 88 valence electrons. The summed E-state index contributed by atoms with van der Waals surface area (Å²) in [6, 6.07) is 0. The van der Waals surface area contributed by atoms with E-state index in [0.29, 0.717) is 0 Å². The van der Waals surface area contributed by atoms with Crippen LogP contribution < -0.4 is 0 Å². The third-order valence-electron chi connectivity index (χ3n) is 2.99. The Bertz CT molecular complexity index is 170. The van der Waals surface area contributed by atoms with Crippen LogP contribution in [0.1, 0.15) is 78.6 Å². The molecule has 0 heterocycles. The topological polar surface area (TPSA) is 0 Å². The minimum atomic E-state index is 0.851. The average Bonchev–Trinajstić information content (AvgIpc) is 2.26. The fourth-order valence-electron chi connectivity index (χ4n) is 1.52. The van der Waals surface area contributed by atoms with E-state index in [0.717, 1.165) is 18.8 Å². The van der Waals surface area contributed by atoms with Crippen LogP contribution in [0.5, 0.6) is 0 Å². The van der Waals surface area contributed by atoms with Crippen LogP contribution in [0.4, 0.5) is 0 Å². The van der Waals surface area contributed by atoms with Gasteiger partial charge in [-0.15, -0.1) is 11.8 Å². The van der Waals surface area contributed by atoms with Crippen LogP contribution in [0.2, 0.25) is 0 Å². The fourth-order valence-corrected chi connectivity index (χ4v) is 1.52. The Labute approximate surface area is 96.8 Å². The van der Waals surface area contributed by atoms with Gasteiger partial charge in [-0.05, 0) is 18.8 Å². The Morgan fingerprint density at radius 3 is 2.20 bits per heavy atom. The smallest absolute Gasteiger partial charge is 0.00912 e. The molecule has 0 aliphatic rings. The van der Waals surface area contributed by atoms with Crippen LogP contribution in [-0.4, -0.2) is 0 Å². The zero-order valence-electron chi connectivity index (χ0n) is 10.9. The summed E-state index contributed by atoms with van der Waals surface area (Å²) < 4.78 is 0. The normalized spacial score (nSPS) is 11.9. The molecule has 0 saturated heterocycles. The maximum atomic E-state index is 3.29. The molecule has 0 aromatic rings. The summed E-state index contributed by atoms with van der Waals surface area (Å²) in [5.41, 5.74) is 0. The van der Waals surface area contributed by atoms with Crippen molar-refractivity contribution in [1.82, 2.24) is 0 Å². The van der Waals surface area contributed by atoms with E-state index in [4.69, 9.17) is 0 Å². The van der Waals surface area contributed by atoms with E-state index in [-0.39, 0.29) is 0 Å². The van der Waals surface area contributed by atoms with Gasteiger partial charge >= 0.3 is 0 Å². The molecule has 0 rings (SSSR count). The Hall–Kier alpha value is -0.440. The van der Waals surface area contributed by atoms with Gasteiger partial charge < -0.3 is 0 Å². The molecule has 0 amide bonds. The SMILES string of the molecule is CCCCCCCC#CCCC(C)CC. The molecule has 0 aliphatic carbocycles. The van der Waals surface area contributed by atoms with Gasteiger partial charge in [-0.1, -0.05) is 52.9 Å². The van der Waals surface area contributed by atoms with Gasteiger partial charge in [0.1, 0.15) is 0 Å². The summed E-state index contributed by atoms with van der Waals surface area (Å²) in [5, 5.41) is 0. The second kappa shape index (κ2) is 11.6. The second-order valence-electron chi connectivity index (χ2n) is 4.57. The van der Waals surface area contributed by atoms with Gasteiger partial charge in [0.05, 0.1) is 0 Å². The number of rotatable bonds is 8. The van der Waals surface area contributed by atoms with Crippen molar-refractivity contribution in [3.8, 4) is 11.8 Å². The molecule has 15 heavy (non-hydrogen) atoms. The maximum Gasteiger partial charge on any atom is 0.00912 e. The second-order valence-corrected chi connectivity index (χ2v) is 4.57. The van der Waals surface area contributed by atoms with Crippen molar-refractivity contribution in [3.63, 3.8) is 0 Å². The van der Waals surface area contributed by atoms with Crippen LogP contribution >= 0.6 is 0 Å². The third kappa shape index (κ3) is 11.5.